The van der Waals surface area contributed by atoms with E-state index < -0.39 is 0 Å². The molecule has 0 bridgehead atoms. The van der Waals surface area contributed by atoms with Crippen LogP contribution in [0.4, 0.5) is 5.82 Å². The number of aromatic amines is 1. The number of H-pyrrole nitrogens is 1. The van der Waals surface area contributed by atoms with Crippen molar-refractivity contribution in [2.24, 2.45) is 5.92 Å². The molecule has 0 aliphatic rings. The minimum Gasteiger partial charge on any atom is -0.366 e. The van der Waals surface area contributed by atoms with Gasteiger partial charge < -0.3 is 15.2 Å². The highest BCUT2D eigenvalue weighted by molar-refractivity contribution is 5.34. The molecule has 0 amide bonds. The van der Waals surface area contributed by atoms with Gasteiger partial charge in [0, 0.05) is 24.6 Å². The largest absolute Gasteiger partial charge is 0.366 e. The van der Waals surface area contributed by atoms with Gasteiger partial charge in [0.25, 0.3) is 5.56 Å². The second-order valence-electron chi connectivity index (χ2n) is 6.40. The Morgan fingerprint density at radius 2 is 1.95 bits per heavy atom. The van der Waals surface area contributed by atoms with E-state index in [2.05, 4.69) is 48.1 Å². The Bertz CT molecular complexity index is 455. The third-order valence-electron chi connectivity index (χ3n) is 3.00. The predicted octanol–water partition coefficient (Wildman–Crippen LogP) is 2.28. The summed E-state index contributed by atoms with van der Waals surface area (Å²) < 4.78 is 0. The maximum Gasteiger partial charge on any atom is 0.252 e. The van der Waals surface area contributed by atoms with Gasteiger partial charge in [0.05, 0.1) is 0 Å². The number of hydrogen-bond acceptors (Lipinski definition) is 4. The molecule has 1 aromatic heterocycles. The van der Waals surface area contributed by atoms with Gasteiger partial charge in [0.15, 0.2) is 0 Å². The lowest BCUT2D eigenvalue weighted by Gasteiger charge is -2.24. The van der Waals surface area contributed by atoms with Crippen molar-refractivity contribution in [2.75, 3.05) is 26.0 Å². The van der Waals surface area contributed by atoms with Crippen molar-refractivity contribution in [3.8, 4) is 0 Å². The molecule has 2 N–H and O–H groups in total. The molecule has 0 saturated carbocycles. The van der Waals surface area contributed by atoms with Crippen LogP contribution in [0.5, 0.6) is 0 Å². The minimum absolute atomic E-state index is 0.0978. The average molecular weight is 280 g/mol. The zero-order valence-electron chi connectivity index (χ0n) is 13.5. The third-order valence-corrected chi connectivity index (χ3v) is 3.00. The van der Waals surface area contributed by atoms with Crippen LogP contribution in [0.25, 0.3) is 0 Å². The van der Waals surface area contributed by atoms with Crippen molar-refractivity contribution < 1.29 is 0 Å². The first-order valence-corrected chi connectivity index (χ1v) is 7.30. The quantitative estimate of drug-likeness (QED) is 0.804. The van der Waals surface area contributed by atoms with Gasteiger partial charge in [-0.3, -0.25) is 4.79 Å². The molecule has 0 radical (unpaired) electrons. The van der Waals surface area contributed by atoms with E-state index >= 15 is 0 Å². The van der Waals surface area contributed by atoms with E-state index in [9.17, 15) is 4.79 Å². The van der Waals surface area contributed by atoms with E-state index in [-0.39, 0.29) is 11.5 Å². The highest BCUT2D eigenvalue weighted by atomic mass is 16.1. The molecule has 20 heavy (non-hydrogen) atoms. The molecule has 5 heteroatoms. The van der Waals surface area contributed by atoms with Gasteiger partial charge in [-0.15, -0.1) is 0 Å². The summed E-state index contributed by atoms with van der Waals surface area (Å²) in [6, 6.07) is 1.83. The van der Waals surface area contributed by atoms with Crippen LogP contribution in [-0.2, 0) is 0 Å². The normalized spacial score (nSPS) is 13.2. The van der Waals surface area contributed by atoms with Crippen LogP contribution in [0.2, 0.25) is 0 Å². The Labute approximate surface area is 121 Å². The van der Waals surface area contributed by atoms with Gasteiger partial charge in [0.1, 0.15) is 11.6 Å². The Hall–Kier alpha value is -1.36. The highest BCUT2D eigenvalue weighted by Gasteiger charge is 2.14. The molecular formula is C15H28N4O. The first-order valence-electron chi connectivity index (χ1n) is 7.30. The highest BCUT2D eigenvalue weighted by Crippen LogP contribution is 2.13. The molecule has 0 aromatic carbocycles. The molecule has 0 fully saturated rings. The maximum absolute atomic E-state index is 11.7. The summed E-state index contributed by atoms with van der Waals surface area (Å²) in [7, 11) is 4.11. The van der Waals surface area contributed by atoms with Gasteiger partial charge in [-0.1, -0.05) is 27.7 Å². The molecule has 0 aliphatic carbocycles. The number of nitrogens with one attached hydrogen (secondary N) is 2. The fourth-order valence-electron chi connectivity index (χ4n) is 2.22. The van der Waals surface area contributed by atoms with Crippen molar-refractivity contribution in [1.82, 2.24) is 14.9 Å². The van der Waals surface area contributed by atoms with Crippen molar-refractivity contribution in [3.63, 3.8) is 0 Å². The first-order chi connectivity index (χ1) is 9.27. The Kier molecular flexibility index (Phi) is 6.20. The monoisotopic (exact) mass is 280 g/mol. The zero-order valence-corrected chi connectivity index (χ0v) is 13.5. The lowest BCUT2D eigenvalue weighted by atomic mass is 10.0. The van der Waals surface area contributed by atoms with Gasteiger partial charge >= 0.3 is 0 Å². The number of anilines is 1. The van der Waals surface area contributed by atoms with Crippen LogP contribution in [0.1, 0.15) is 45.9 Å². The maximum atomic E-state index is 11.7. The first kappa shape index (κ1) is 16.7. The number of likely N-dealkylation sites (N-methyl/N-ethyl adjacent to an activating group) is 1. The minimum atomic E-state index is -0.0978. The molecule has 0 aliphatic heterocycles. The molecule has 1 unspecified atom stereocenters. The van der Waals surface area contributed by atoms with Crippen LogP contribution in [0, 0.1) is 5.92 Å². The molecule has 1 aromatic rings. The van der Waals surface area contributed by atoms with Crippen LogP contribution in [-0.4, -0.2) is 41.5 Å². The van der Waals surface area contributed by atoms with Crippen molar-refractivity contribution in [3.05, 3.63) is 22.2 Å². The van der Waals surface area contributed by atoms with E-state index in [0.29, 0.717) is 17.8 Å². The number of hydrogen-bond donors (Lipinski definition) is 2. The molecule has 1 heterocycles. The zero-order chi connectivity index (χ0) is 15.3. The van der Waals surface area contributed by atoms with Gasteiger partial charge in [-0.25, -0.2) is 4.98 Å². The van der Waals surface area contributed by atoms with Crippen LogP contribution in [0.3, 0.4) is 0 Å². The van der Waals surface area contributed by atoms with Crippen LogP contribution in [0.15, 0.2) is 10.9 Å². The predicted molar refractivity (Wildman–Crippen MR) is 84.4 cm³/mol. The number of rotatable bonds is 7. The lowest BCUT2D eigenvalue weighted by molar-refractivity contribution is 0.356. The van der Waals surface area contributed by atoms with Crippen LogP contribution < -0.4 is 10.9 Å². The summed E-state index contributed by atoms with van der Waals surface area (Å²) in [6.45, 7) is 9.37. The van der Waals surface area contributed by atoms with Gasteiger partial charge in [0.2, 0.25) is 0 Å². The average Bonchev–Trinajstić information content (AvgIpc) is 2.25. The second kappa shape index (κ2) is 7.43. The SMILES string of the molecule is CC(C)CC(CN(C)C)Nc1cc(=O)[nH]c(C(C)C)n1. The smallest absolute Gasteiger partial charge is 0.252 e. The summed E-state index contributed by atoms with van der Waals surface area (Å²) in [5, 5.41) is 3.40. The molecule has 1 atom stereocenters. The standard InChI is InChI=1S/C15H28N4O/c1-10(2)7-12(9-19(5)6)16-13-8-14(20)18-15(17-13)11(3)4/h8,10-12H,7,9H2,1-6H3,(H2,16,17,18,20). The summed E-state index contributed by atoms with van der Waals surface area (Å²) >= 11 is 0. The molecule has 114 valence electrons. The topological polar surface area (TPSA) is 61.0 Å². The van der Waals surface area contributed by atoms with E-state index in [4.69, 9.17) is 0 Å². The summed E-state index contributed by atoms with van der Waals surface area (Å²) in [4.78, 5) is 21.1. The van der Waals surface area contributed by atoms with Crippen molar-refractivity contribution in [2.45, 2.75) is 46.1 Å². The molecular weight excluding hydrogens is 252 g/mol. The van der Waals surface area contributed by atoms with E-state index in [1.54, 1.807) is 0 Å². The number of nitrogens with zero attached hydrogens (tertiary/aromatic N) is 2. The molecule has 5 nitrogen and oxygen atoms in total. The summed E-state index contributed by atoms with van der Waals surface area (Å²) in [6.07, 6.45) is 1.05. The fourth-order valence-corrected chi connectivity index (χ4v) is 2.22. The van der Waals surface area contributed by atoms with Crippen molar-refractivity contribution in [1.29, 1.82) is 0 Å². The van der Waals surface area contributed by atoms with Gasteiger partial charge in [-0.05, 0) is 26.4 Å². The molecule has 0 spiro atoms. The number of aromatic nitrogens is 2. The van der Waals surface area contributed by atoms with E-state index in [1.807, 2.05) is 13.8 Å². The van der Waals surface area contributed by atoms with Gasteiger partial charge in [-0.2, -0.15) is 0 Å². The Morgan fingerprint density at radius 1 is 1.30 bits per heavy atom. The van der Waals surface area contributed by atoms with E-state index in [1.165, 1.54) is 6.07 Å². The van der Waals surface area contributed by atoms with Crippen molar-refractivity contribution >= 4 is 5.82 Å². The van der Waals surface area contributed by atoms with E-state index in [0.717, 1.165) is 18.8 Å². The Morgan fingerprint density at radius 3 is 2.45 bits per heavy atom. The molecule has 1 rings (SSSR count). The third kappa shape index (κ3) is 5.74. The molecule has 0 saturated heterocycles. The lowest BCUT2D eigenvalue weighted by Crippen LogP contribution is -2.34. The summed E-state index contributed by atoms with van der Waals surface area (Å²) in [5.41, 5.74) is -0.0978. The fraction of sp³-hybridized carbons (Fsp3) is 0.733. The van der Waals surface area contributed by atoms with Crippen LogP contribution >= 0.6 is 0 Å². The Balaban J connectivity index is 2.89. The summed E-state index contributed by atoms with van der Waals surface area (Å²) in [5.74, 6) is 2.21. The second-order valence-corrected chi connectivity index (χ2v) is 6.40.